The van der Waals surface area contributed by atoms with Gasteiger partial charge in [-0.05, 0) is 49.4 Å². The third kappa shape index (κ3) is 4.96. The molecule has 0 aromatic heterocycles. The minimum absolute atomic E-state index is 0.589. The Morgan fingerprint density at radius 3 is 2.33 bits per heavy atom. The smallest absolute Gasteiger partial charge is 0.0267 e. The lowest BCUT2D eigenvalue weighted by molar-refractivity contribution is 0.129. The molecule has 2 fully saturated rings. The molecule has 0 aromatic rings. The highest BCUT2D eigenvalue weighted by atomic mass is 15.2. The second-order valence-corrected chi connectivity index (χ2v) is 7.82. The molecule has 124 valence electrons. The summed E-state index contributed by atoms with van der Waals surface area (Å²) >= 11 is 0. The van der Waals surface area contributed by atoms with Crippen LogP contribution in [0.25, 0.3) is 0 Å². The Morgan fingerprint density at radius 1 is 0.952 bits per heavy atom. The van der Waals surface area contributed by atoms with E-state index in [1.165, 1.54) is 77.0 Å². The van der Waals surface area contributed by atoms with Crippen molar-refractivity contribution in [3.63, 3.8) is 0 Å². The summed E-state index contributed by atoms with van der Waals surface area (Å²) < 4.78 is 0. The summed E-state index contributed by atoms with van der Waals surface area (Å²) in [5.74, 6) is 9.63. The van der Waals surface area contributed by atoms with Gasteiger partial charge in [0.15, 0.2) is 0 Å². The van der Waals surface area contributed by atoms with Crippen LogP contribution in [0.3, 0.4) is 0 Å². The zero-order valence-electron chi connectivity index (χ0n) is 14.4. The van der Waals surface area contributed by atoms with Crippen LogP contribution in [0, 0.1) is 23.7 Å². The Hall–Kier alpha value is -0.0800. The first-order valence-corrected chi connectivity index (χ1v) is 9.74. The highest BCUT2D eigenvalue weighted by Crippen LogP contribution is 2.40. The van der Waals surface area contributed by atoms with Crippen LogP contribution in [-0.4, -0.2) is 6.04 Å². The van der Waals surface area contributed by atoms with E-state index in [0.29, 0.717) is 6.04 Å². The third-order valence-corrected chi connectivity index (χ3v) is 6.47. The highest BCUT2D eigenvalue weighted by Gasteiger charge is 2.34. The topological polar surface area (TPSA) is 38.0 Å². The van der Waals surface area contributed by atoms with Crippen LogP contribution in [0.2, 0.25) is 0 Å². The van der Waals surface area contributed by atoms with Gasteiger partial charge in [-0.1, -0.05) is 65.2 Å². The van der Waals surface area contributed by atoms with Crippen LogP contribution >= 0.6 is 0 Å². The minimum Gasteiger partial charge on any atom is -0.271 e. The maximum absolute atomic E-state index is 5.99. The maximum atomic E-state index is 5.99. The van der Waals surface area contributed by atoms with E-state index in [2.05, 4.69) is 19.3 Å². The summed E-state index contributed by atoms with van der Waals surface area (Å²) in [5.41, 5.74) is 3.24. The molecule has 2 nitrogen and oxygen atoms in total. The molecule has 2 saturated carbocycles. The predicted molar refractivity (Wildman–Crippen MR) is 91.8 cm³/mol. The Balaban J connectivity index is 1.81. The van der Waals surface area contributed by atoms with Crippen molar-refractivity contribution in [3.8, 4) is 0 Å². The van der Waals surface area contributed by atoms with Crippen LogP contribution < -0.4 is 11.3 Å². The van der Waals surface area contributed by atoms with Gasteiger partial charge >= 0.3 is 0 Å². The average Bonchev–Trinajstić information content (AvgIpc) is 2.55. The molecule has 0 heterocycles. The fourth-order valence-corrected chi connectivity index (χ4v) is 5.02. The second kappa shape index (κ2) is 9.15. The number of nitrogens with one attached hydrogen (secondary N) is 1. The molecule has 2 rings (SSSR count). The minimum atomic E-state index is 0.589. The van der Waals surface area contributed by atoms with E-state index in [0.717, 1.165) is 23.7 Å². The van der Waals surface area contributed by atoms with Crippen molar-refractivity contribution in [2.45, 2.75) is 96.9 Å². The molecule has 3 atom stereocenters. The van der Waals surface area contributed by atoms with E-state index >= 15 is 0 Å². The van der Waals surface area contributed by atoms with Crippen LogP contribution in [-0.2, 0) is 0 Å². The quantitative estimate of drug-likeness (QED) is 0.510. The molecule has 0 radical (unpaired) electrons. The maximum Gasteiger partial charge on any atom is 0.0267 e. The van der Waals surface area contributed by atoms with E-state index in [4.69, 9.17) is 5.84 Å². The van der Waals surface area contributed by atoms with Gasteiger partial charge in [-0.25, -0.2) is 0 Å². The van der Waals surface area contributed by atoms with E-state index in [1.54, 1.807) is 0 Å². The van der Waals surface area contributed by atoms with Crippen molar-refractivity contribution in [2.24, 2.45) is 29.5 Å². The molecular formula is C19H38N2. The van der Waals surface area contributed by atoms with E-state index < -0.39 is 0 Å². The van der Waals surface area contributed by atoms with Crippen molar-refractivity contribution >= 4 is 0 Å². The largest absolute Gasteiger partial charge is 0.271 e. The summed E-state index contributed by atoms with van der Waals surface area (Å²) in [6.07, 6.45) is 17.0. The van der Waals surface area contributed by atoms with E-state index in [9.17, 15) is 0 Å². The van der Waals surface area contributed by atoms with Crippen molar-refractivity contribution < 1.29 is 0 Å². The first-order chi connectivity index (χ1) is 10.3. The van der Waals surface area contributed by atoms with Crippen molar-refractivity contribution in [1.29, 1.82) is 0 Å². The number of unbranched alkanes of at least 4 members (excludes halogenated alkanes) is 1. The summed E-state index contributed by atoms with van der Waals surface area (Å²) in [4.78, 5) is 0. The molecule has 0 saturated heterocycles. The van der Waals surface area contributed by atoms with Gasteiger partial charge in [-0.15, -0.1) is 0 Å². The Labute approximate surface area is 132 Å². The summed E-state index contributed by atoms with van der Waals surface area (Å²) in [6, 6.07) is 0.589. The summed E-state index contributed by atoms with van der Waals surface area (Å²) in [7, 11) is 0. The zero-order chi connectivity index (χ0) is 15.1. The van der Waals surface area contributed by atoms with Crippen LogP contribution in [0.1, 0.15) is 90.9 Å². The lowest BCUT2D eigenvalue weighted by Crippen LogP contribution is -2.48. The lowest BCUT2D eigenvalue weighted by Gasteiger charge is -2.40. The molecule has 3 N–H and O–H groups in total. The molecule has 0 aromatic carbocycles. The first-order valence-electron chi connectivity index (χ1n) is 9.74. The molecule has 0 aliphatic heterocycles. The van der Waals surface area contributed by atoms with Gasteiger partial charge in [0.05, 0.1) is 0 Å². The lowest BCUT2D eigenvalue weighted by atomic mass is 9.69. The molecule has 2 aliphatic rings. The predicted octanol–water partition coefficient (Wildman–Crippen LogP) is 5.03. The standard InChI is InChI=1S/C19H38N2/c1-3-5-7-16-10-12-17(13-11-16)19(21-20)18-9-6-8-15(4-2)14-18/h15-19,21H,3-14,20H2,1-2H3. The molecular weight excluding hydrogens is 256 g/mol. The van der Waals surface area contributed by atoms with Gasteiger partial charge in [0.25, 0.3) is 0 Å². The number of hydrogen-bond acceptors (Lipinski definition) is 2. The molecule has 2 aliphatic carbocycles. The van der Waals surface area contributed by atoms with Crippen molar-refractivity contribution in [3.05, 3.63) is 0 Å². The van der Waals surface area contributed by atoms with Gasteiger partial charge in [0.1, 0.15) is 0 Å². The van der Waals surface area contributed by atoms with Crippen molar-refractivity contribution in [2.75, 3.05) is 0 Å². The molecule has 21 heavy (non-hydrogen) atoms. The van der Waals surface area contributed by atoms with E-state index in [-0.39, 0.29) is 0 Å². The average molecular weight is 295 g/mol. The van der Waals surface area contributed by atoms with Crippen molar-refractivity contribution in [1.82, 2.24) is 5.43 Å². The second-order valence-electron chi connectivity index (χ2n) is 7.82. The van der Waals surface area contributed by atoms with Crippen LogP contribution in [0.4, 0.5) is 0 Å². The SMILES string of the molecule is CCCCC1CCC(C(NN)C2CCCC(CC)C2)CC1. The number of hydrogen-bond donors (Lipinski definition) is 2. The normalized spacial score (nSPS) is 35.6. The molecule has 2 heteroatoms. The number of nitrogens with two attached hydrogens (primary N) is 1. The fourth-order valence-electron chi connectivity index (χ4n) is 5.02. The van der Waals surface area contributed by atoms with Gasteiger partial charge in [0, 0.05) is 6.04 Å². The monoisotopic (exact) mass is 294 g/mol. The molecule has 0 bridgehead atoms. The van der Waals surface area contributed by atoms with Crippen LogP contribution in [0.5, 0.6) is 0 Å². The van der Waals surface area contributed by atoms with Gasteiger partial charge in [-0.2, -0.15) is 0 Å². The Kier molecular flexibility index (Phi) is 7.53. The summed E-state index contributed by atoms with van der Waals surface area (Å²) in [6.45, 7) is 4.67. The molecule has 0 amide bonds. The van der Waals surface area contributed by atoms with E-state index in [1.807, 2.05) is 0 Å². The fraction of sp³-hybridized carbons (Fsp3) is 1.00. The number of rotatable bonds is 7. The van der Waals surface area contributed by atoms with Gasteiger partial charge < -0.3 is 0 Å². The molecule has 3 unspecified atom stereocenters. The Bertz CT molecular complexity index is 271. The third-order valence-electron chi connectivity index (χ3n) is 6.47. The van der Waals surface area contributed by atoms with Crippen LogP contribution in [0.15, 0.2) is 0 Å². The summed E-state index contributed by atoms with van der Waals surface area (Å²) in [5, 5.41) is 0. The first kappa shape index (κ1) is 17.3. The Morgan fingerprint density at radius 2 is 1.71 bits per heavy atom. The zero-order valence-corrected chi connectivity index (χ0v) is 14.4. The molecule has 0 spiro atoms. The van der Waals surface area contributed by atoms with Gasteiger partial charge in [-0.3, -0.25) is 11.3 Å². The van der Waals surface area contributed by atoms with Gasteiger partial charge in [0.2, 0.25) is 0 Å². The highest BCUT2D eigenvalue weighted by molar-refractivity contribution is 4.88. The number of hydrazine groups is 1.